The fourth-order valence-electron chi connectivity index (χ4n) is 3.82. The standard InChI is InChI=1S/C21H25N3O3/c1-2-24(19-12-27-13-20(19)25)21(26)22-16-10-9-15-8-7-14-5-3-4-6-17(14)23-18(15)11-16/h3-6,9-11,19-20,23,25H,2,7-8,12-13H2,1H3,(H,22,26)/t19-,20-/m0/s1. The van der Waals surface area contributed by atoms with E-state index in [4.69, 9.17) is 4.74 Å². The molecule has 1 fully saturated rings. The Morgan fingerprint density at radius 3 is 2.70 bits per heavy atom. The van der Waals surface area contributed by atoms with Gasteiger partial charge in [-0.05, 0) is 49.1 Å². The van der Waals surface area contributed by atoms with E-state index in [1.807, 2.05) is 25.1 Å². The number of aliphatic hydroxyl groups excluding tert-OH is 1. The Balaban J connectivity index is 1.52. The van der Waals surface area contributed by atoms with Crippen molar-refractivity contribution in [3.05, 3.63) is 53.6 Å². The molecule has 2 aromatic rings. The van der Waals surface area contributed by atoms with Gasteiger partial charge in [0.15, 0.2) is 0 Å². The number of fused-ring (bicyclic) bond motifs is 2. The molecule has 2 atom stereocenters. The van der Waals surface area contributed by atoms with Crippen LogP contribution < -0.4 is 10.6 Å². The Bertz CT molecular complexity index is 839. The van der Waals surface area contributed by atoms with Gasteiger partial charge in [-0.25, -0.2) is 4.79 Å². The van der Waals surface area contributed by atoms with Gasteiger partial charge in [0.1, 0.15) is 0 Å². The first-order valence-electron chi connectivity index (χ1n) is 9.47. The van der Waals surface area contributed by atoms with Gasteiger partial charge < -0.3 is 25.4 Å². The Hall–Kier alpha value is -2.57. The smallest absolute Gasteiger partial charge is 0.322 e. The molecule has 0 aliphatic carbocycles. The Kier molecular flexibility index (Phi) is 5.01. The summed E-state index contributed by atoms with van der Waals surface area (Å²) in [6.07, 6.45) is 1.31. The molecule has 0 aromatic heterocycles. The minimum absolute atomic E-state index is 0.221. The summed E-state index contributed by atoms with van der Waals surface area (Å²) in [7, 11) is 0. The van der Waals surface area contributed by atoms with Crippen LogP contribution in [0.25, 0.3) is 0 Å². The van der Waals surface area contributed by atoms with Gasteiger partial charge in [0, 0.05) is 23.6 Å². The van der Waals surface area contributed by atoms with Gasteiger partial charge in [-0.15, -0.1) is 0 Å². The predicted octanol–water partition coefficient (Wildman–Crippen LogP) is 3.14. The zero-order valence-electron chi connectivity index (χ0n) is 15.4. The van der Waals surface area contributed by atoms with Crippen molar-refractivity contribution in [2.24, 2.45) is 0 Å². The molecule has 4 rings (SSSR count). The van der Waals surface area contributed by atoms with E-state index < -0.39 is 6.10 Å². The third-order valence-electron chi connectivity index (χ3n) is 5.33. The van der Waals surface area contributed by atoms with Crippen molar-refractivity contribution in [3.8, 4) is 0 Å². The van der Waals surface area contributed by atoms with Crippen molar-refractivity contribution in [3.63, 3.8) is 0 Å². The lowest BCUT2D eigenvalue weighted by Gasteiger charge is -2.29. The fourth-order valence-corrected chi connectivity index (χ4v) is 3.82. The van der Waals surface area contributed by atoms with E-state index in [9.17, 15) is 9.90 Å². The second-order valence-electron chi connectivity index (χ2n) is 7.04. The first kappa shape index (κ1) is 17.8. The van der Waals surface area contributed by atoms with Crippen LogP contribution in [0.2, 0.25) is 0 Å². The van der Waals surface area contributed by atoms with E-state index in [0.29, 0.717) is 13.2 Å². The van der Waals surface area contributed by atoms with Gasteiger partial charge in [0.2, 0.25) is 0 Å². The largest absolute Gasteiger partial charge is 0.388 e. The molecule has 3 N–H and O–H groups in total. The SMILES string of the molecule is CCN(C(=O)Nc1ccc2c(c1)Nc1ccccc1CC2)[C@H]1COC[C@@H]1O. The minimum Gasteiger partial charge on any atom is -0.388 e. The zero-order valence-corrected chi connectivity index (χ0v) is 15.4. The maximum absolute atomic E-state index is 12.7. The lowest BCUT2D eigenvalue weighted by molar-refractivity contribution is 0.1000. The lowest BCUT2D eigenvalue weighted by atomic mass is 10.0. The van der Waals surface area contributed by atoms with Gasteiger partial charge in [0.05, 0.1) is 25.4 Å². The Morgan fingerprint density at radius 2 is 1.96 bits per heavy atom. The van der Waals surface area contributed by atoms with Crippen molar-refractivity contribution in [2.75, 3.05) is 30.4 Å². The number of hydrogen-bond donors (Lipinski definition) is 3. The zero-order chi connectivity index (χ0) is 18.8. The average molecular weight is 367 g/mol. The number of rotatable bonds is 3. The van der Waals surface area contributed by atoms with Crippen LogP contribution in [0.4, 0.5) is 21.9 Å². The number of para-hydroxylation sites is 1. The van der Waals surface area contributed by atoms with Gasteiger partial charge in [-0.2, -0.15) is 0 Å². The Labute approximate surface area is 159 Å². The van der Waals surface area contributed by atoms with Crippen LogP contribution in [-0.2, 0) is 17.6 Å². The molecule has 2 aliphatic heterocycles. The van der Waals surface area contributed by atoms with Crippen molar-refractivity contribution >= 4 is 23.1 Å². The number of nitrogens with one attached hydrogen (secondary N) is 2. The summed E-state index contributed by atoms with van der Waals surface area (Å²) in [6.45, 7) is 3.05. The van der Waals surface area contributed by atoms with Gasteiger partial charge in [-0.3, -0.25) is 0 Å². The molecule has 2 aliphatic rings. The molecule has 0 spiro atoms. The Morgan fingerprint density at radius 1 is 1.19 bits per heavy atom. The van der Waals surface area contributed by atoms with Gasteiger partial charge in [-0.1, -0.05) is 24.3 Å². The molecule has 2 heterocycles. The maximum Gasteiger partial charge on any atom is 0.322 e. The van der Waals surface area contributed by atoms with Crippen LogP contribution in [-0.4, -0.2) is 47.9 Å². The van der Waals surface area contributed by atoms with Crippen molar-refractivity contribution in [1.82, 2.24) is 4.90 Å². The number of aliphatic hydroxyl groups is 1. The number of nitrogens with zero attached hydrogens (tertiary/aromatic N) is 1. The molecule has 142 valence electrons. The number of amides is 2. The number of anilines is 3. The quantitative estimate of drug-likeness (QED) is 0.779. The van der Waals surface area contributed by atoms with Crippen LogP contribution in [0.1, 0.15) is 18.1 Å². The van der Waals surface area contributed by atoms with Gasteiger partial charge in [0.25, 0.3) is 0 Å². The molecule has 2 amide bonds. The molecule has 2 aromatic carbocycles. The number of carbonyl (C=O) groups excluding carboxylic acids is 1. The molecule has 6 heteroatoms. The number of carbonyl (C=O) groups is 1. The molecule has 6 nitrogen and oxygen atoms in total. The second-order valence-corrected chi connectivity index (χ2v) is 7.04. The first-order valence-corrected chi connectivity index (χ1v) is 9.47. The number of aryl methyl sites for hydroxylation is 2. The van der Waals surface area contributed by atoms with Gasteiger partial charge >= 0.3 is 6.03 Å². The van der Waals surface area contributed by atoms with E-state index in [1.165, 1.54) is 11.1 Å². The van der Waals surface area contributed by atoms with Crippen molar-refractivity contribution < 1.29 is 14.6 Å². The van der Waals surface area contributed by atoms with E-state index >= 15 is 0 Å². The molecular weight excluding hydrogens is 342 g/mol. The fraction of sp³-hybridized carbons (Fsp3) is 0.381. The van der Waals surface area contributed by atoms with E-state index in [2.05, 4.69) is 34.9 Å². The summed E-state index contributed by atoms with van der Waals surface area (Å²) < 4.78 is 5.29. The average Bonchev–Trinajstić information content (AvgIpc) is 2.99. The van der Waals surface area contributed by atoms with Crippen LogP contribution in [0.3, 0.4) is 0 Å². The highest BCUT2D eigenvalue weighted by molar-refractivity contribution is 5.90. The molecule has 0 radical (unpaired) electrons. The third-order valence-corrected chi connectivity index (χ3v) is 5.33. The van der Waals surface area contributed by atoms with Crippen molar-refractivity contribution in [2.45, 2.75) is 31.9 Å². The highest BCUT2D eigenvalue weighted by Crippen LogP contribution is 2.31. The van der Waals surface area contributed by atoms with Crippen LogP contribution in [0.5, 0.6) is 0 Å². The van der Waals surface area contributed by atoms with E-state index in [-0.39, 0.29) is 18.7 Å². The normalized spacial score (nSPS) is 20.8. The summed E-state index contributed by atoms with van der Waals surface area (Å²) in [6, 6.07) is 13.8. The topological polar surface area (TPSA) is 73.8 Å². The van der Waals surface area contributed by atoms with Crippen LogP contribution in [0, 0.1) is 0 Å². The van der Waals surface area contributed by atoms with E-state index in [1.54, 1.807) is 4.90 Å². The number of hydrogen-bond acceptors (Lipinski definition) is 4. The van der Waals surface area contributed by atoms with Crippen LogP contribution in [0.15, 0.2) is 42.5 Å². The predicted molar refractivity (Wildman–Crippen MR) is 106 cm³/mol. The van der Waals surface area contributed by atoms with E-state index in [0.717, 1.165) is 29.9 Å². The van der Waals surface area contributed by atoms with Crippen LogP contribution >= 0.6 is 0 Å². The number of likely N-dealkylation sites (N-methyl/N-ethyl adjacent to an activating group) is 1. The first-order chi connectivity index (χ1) is 13.2. The maximum atomic E-state index is 12.7. The highest BCUT2D eigenvalue weighted by Gasteiger charge is 2.33. The molecule has 0 saturated carbocycles. The summed E-state index contributed by atoms with van der Waals surface area (Å²) in [4.78, 5) is 14.4. The summed E-state index contributed by atoms with van der Waals surface area (Å²) >= 11 is 0. The third kappa shape index (κ3) is 3.63. The van der Waals surface area contributed by atoms with Crippen molar-refractivity contribution in [1.29, 1.82) is 0 Å². The molecular formula is C21H25N3O3. The second kappa shape index (κ2) is 7.58. The monoisotopic (exact) mass is 367 g/mol. The summed E-state index contributed by atoms with van der Waals surface area (Å²) in [5, 5.41) is 16.5. The number of ether oxygens (including phenoxy) is 1. The molecule has 0 unspecified atom stereocenters. The number of benzene rings is 2. The molecule has 27 heavy (non-hydrogen) atoms. The highest BCUT2D eigenvalue weighted by atomic mass is 16.5. The molecule has 1 saturated heterocycles. The minimum atomic E-state index is -0.638. The summed E-state index contributed by atoms with van der Waals surface area (Å²) in [5.41, 5.74) is 5.39. The lowest BCUT2D eigenvalue weighted by Crippen LogP contribution is -2.48. The summed E-state index contributed by atoms with van der Waals surface area (Å²) in [5.74, 6) is 0. The number of urea groups is 1. The molecule has 0 bridgehead atoms.